The van der Waals surface area contributed by atoms with Crippen molar-refractivity contribution in [3.63, 3.8) is 0 Å². The summed E-state index contributed by atoms with van der Waals surface area (Å²) in [6, 6.07) is 0.572. The van der Waals surface area contributed by atoms with Crippen LogP contribution >= 0.6 is 0 Å². The molecule has 0 saturated heterocycles. The zero-order valence-electron chi connectivity index (χ0n) is 7.75. The van der Waals surface area contributed by atoms with Gasteiger partial charge in [-0.25, -0.2) is 9.97 Å². The zero-order chi connectivity index (χ0) is 9.26. The van der Waals surface area contributed by atoms with Crippen molar-refractivity contribution in [1.82, 2.24) is 9.97 Å². The van der Waals surface area contributed by atoms with E-state index < -0.39 is 0 Å². The third-order valence-corrected chi connectivity index (χ3v) is 2.46. The highest BCUT2D eigenvalue weighted by atomic mass is 15.1. The van der Waals surface area contributed by atoms with E-state index in [1.165, 1.54) is 19.3 Å². The second-order valence-electron chi connectivity index (χ2n) is 3.51. The highest BCUT2D eigenvalue weighted by Gasteiger charge is 2.17. The summed E-state index contributed by atoms with van der Waals surface area (Å²) in [7, 11) is 0. The quantitative estimate of drug-likeness (QED) is 0.717. The SMILES string of the molecule is Cc1nc(NC2CCC2)ncc1N. The van der Waals surface area contributed by atoms with Crippen molar-refractivity contribution in [3.8, 4) is 0 Å². The third-order valence-electron chi connectivity index (χ3n) is 2.46. The maximum absolute atomic E-state index is 5.61. The molecule has 1 aliphatic rings. The molecule has 1 saturated carbocycles. The minimum absolute atomic E-state index is 0.572. The molecule has 4 nitrogen and oxygen atoms in total. The Morgan fingerprint density at radius 2 is 2.31 bits per heavy atom. The van der Waals surface area contributed by atoms with Gasteiger partial charge in [-0.05, 0) is 26.2 Å². The Balaban J connectivity index is 2.07. The van der Waals surface area contributed by atoms with Crippen LogP contribution in [0.1, 0.15) is 25.0 Å². The summed E-state index contributed by atoms with van der Waals surface area (Å²) in [5.74, 6) is 0.705. The molecule has 0 aromatic carbocycles. The third kappa shape index (κ3) is 1.71. The van der Waals surface area contributed by atoms with Gasteiger partial charge in [0, 0.05) is 6.04 Å². The van der Waals surface area contributed by atoms with E-state index in [9.17, 15) is 0 Å². The molecule has 2 rings (SSSR count). The molecular weight excluding hydrogens is 164 g/mol. The van der Waals surface area contributed by atoms with Gasteiger partial charge in [0.1, 0.15) is 0 Å². The molecule has 0 atom stereocenters. The summed E-state index contributed by atoms with van der Waals surface area (Å²) in [4.78, 5) is 8.36. The van der Waals surface area contributed by atoms with Crippen LogP contribution in [0.15, 0.2) is 6.20 Å². The van der Waals surface area contributed by atoms with Crippen molar-refractivity contribution in [2.45, 2.75) is 32.2 Å². The number of hydrogen-bond acceptors (Lipinski definition) is 4. The van der Waals surface area contributed by atoms with Gasteiger partial charge in [0.15, 0.2) is 0 Å². The molecule has 13 heavy (non-hydrogen) atoms. The summed E-state index contributed by atoms with van der Waals surface area (Å²) < 4.78 is 0. The Bertz CT molecular complexity index is 306. The second-order valence-corrected chi connectivity index (χ2v) is 3.51. The summed E-state index contributed by atoms with van der Waals surface area (Å²) in [5, 5.41) is 3.27. The van der Waals surface area contributed by atoms with Crippen LogP contribution < -0.4 is 11.1 Å². The molecule has 0 spiro atoms. The fourth-order valence-electron chi connectivity index (χ4n) is 1.28. The molecule has 0 bridgehead atoms. The van der Waals surface area contributed by atoms with Crippen LogP contribution in [0.3, 0.4) is 0 Å². The molecule has 1 fully saturated rings. The molecule has 1 aliphatic carbocycles. The van der Waals surface area contributed by atoms with Gasteiger partial charge in [-0.2, -0.15) is 0 Å². The zero-order valence-corrected chi connectivity index (χ0v) is 7.75. The van der Waals surface area contributed by atoms with Gasteiger partial charge in [0.05, 0.1) is 17.6 Å². The Kier molecular flexibility index (Phi) is 2.04. The van der Waals surface area contributed by atoms with Crippen LogP contribution in [0.2, 0.25) is 0 Å². The van der Waals surface area contributed by atoms with Crippen molar-refractivity contribution in [2.75, 3.05) is 11.1 Å². The lowest BCUT2D eigenvalue weighted by atomic mass is 9.93. The second kappa shape index (κ2) is 3.20. The molecule has 1 aromatic heterocycles. The normalized spacial score (nSPS) is 16.7. The molecule has 1 heterocycles. The minimum Gasteiger partial charge on any atom is -0.396 e. The average molecular weight is 178 g/mol. The predicted octanol–water partition coefficient (Wildman–Crippen LogP) is 1.33. The van der Waals surface area contributed by atoms with Crippen molar-refractivity contribution in [3.05, 3.63) is 11.9 Å². The fraction of sp³-hybridized carbons (Fsp3) is 0.556. The molecule has 0 amide bonds. The number of nitrogens with one attached hydrogen (secondary N) is 1. The molecular formula is C9H14N4. The maximum atomic E-state index is 5.61. The van der Waals surface area contributed by atoms with E-state index in [0.29, 0.717) is 17.7 Å². The van der Waals surface area contributed by atoms with Crippen molar-refractivity contribution in [2.24, 2.45) is 0 Å². The first-order valence-electron chi connectivity index (χ1n) is 4.61. The van der Waals surface area contributed by atoms with Crippen LogP contribution in [0.5, 0.6) is 0 Å². The first kappa shape index (κ1) is 8.29. The van der Waals surface area contributed by atoms with Gasteiger partial charge in [0.2, 0.25) is 5.95 Å². The predicted molar refractivity (Wildman–Crippen MR) is 52.4 cm³/mol. The number of nitrogen functional groups attached to an aromatic ring is 1. The smallest absolute Gasteiger partial charge is 0.223 e. The topological polar surface area (TPSA) is 63.8 Å². The number of hydrogen-bond donors (Lipinski definition) is 2. The van der Waals surface area contributed by atoms with E-state index in [2.05, 4.69) is 15.3 Å². The molecule has 0 aliphatic heterocycles. The molecule has 1 aromatic rings. The summed E-state index contributed by atoms with van der Waals surface area (Å²) >= 11 is 0. The lowest BCUT2D eigenvalue weighted by Crippen LogP contribution is -2.28. The van der Waals surface area contributed by atoms with Gasteiger partial charge in [-0.1, -0.05) is 0 Å². The average Bonchev–Trinajstić information content (AvgIpc) is 2.04. The molecule has 0 radical (unpaired) electrons. The van der Waals surface area contributed by atoms with E-state index in [0.717, 1.165) is 5.69 Å². The largest absolute Gasteiger partial charge is 0.396 e. The molecule has 3 N–H and O–H groups in total. The first-order valence-corrected chi connectivity index (χ1v) is 4.61. The summed E-state index contributed by atoms with van der Waals surface area (Å²) in [6.45, 7) is 1.89. The number of aromatic nitrogens is 2. The summed E-state index contributed by atoms with van der Waals surface area (Å²) in [6.07, 6.45) is 5.43. The number of aryl methyl sites for hydroxylation is 1. The number of nitrogens with zero attached hydrogens (tertiary/aromatic N) is 2. The van der Waals surface area contributed by atoms with Gasteiger partial charge >= 0.3 is 0 Å². The van der Waals surface area contributed by atoms with E-state index in [1.807, 2.05) is 6.92 Å². The van der Waals surface area contributed by atoms with Gasteiger partial charge < -0.3 is 11.1 Å². The van der Waals surface area contributed by atoms with Crippen molar-refractivity contribution in [1.29, 1.82) is 0 Å². The van der Waals surface area contributed by atoms with Crippen molar-refractivity contribution >= 4 is 11.6 Å². The highest BCUT2D eigenvalue weighted by molar-refractivity contribution is 5.43. The maximum Gasteiger partial charge on any atom is 0.223 e. The van der Waals surface area contributed by atoms with E-state index in [1.54, 1.807) is 6.20 Å². The molecule has 70 valence electrons. The lowest BCUT2D eigenvalue weighted by Gasteiger charge is -2.26. The lowest BCUT2D eigenvalue weighted by molar-refractivity contribution is 0.443. The van der Waals surface area contributed by atoms with E-state index in [4.69, 9.17) is 5.73 Å². The molecule has 0 unspecified atom stereocenters. The first-order chi connectivity index (χ1) is 6.25. The van der Waals surface area contributed by atoms with Crippen LogP contribution in [0, 0.1) is 6.92 Å². The summed E-state index contributed by atoms with van der Waals surface area (Å²) in [5.41, 5.74) is 7.11. The van der Waals surface area contributed by atoms with Gasteiger partial charge in [-0.3, -0.25) is 0 Å². The number of anilines is 2. The van der Waals surface area contributed by atoms with E-state index in [-0.39, 0.29) is 0 Å². The number of rotatable bonds is 2. The highest BCUT2D eigenvalue weighted by Crippen LogP contribution is 2.21. The van der Waals surface area contributed by atoms with Gasteiger partial charge in [-0.15, -0.1) is 0 Å². The minimum atomic E-state index is 0.572. The van der Waals surface area contributed by atoms with Crippen LogP contribution in [-0.4, -0.2) is 16.0 Å². The monoisotopic (exact) mass is 178 g/mol. The standard InChI is InChI=1S/C9H14N4/c1-6-8(10)5-11-9(12-6)13-7-3-2-4-7/h5,7H,2-4,10H2,1H3,(H,11,12,13). The van der Waals surface area contributed by atoms with Crippen molar-refractivity contribution < 1.29 is 0 Å². The Morgan fingerprint density at radius 3 is 2.85 bits per heavy atom. The van der Waals surface area contributed by atoms with Crippen LogP contribution in [0.25, 0.3) is 0 Å². The fourth-order valence-corrected chi connectivity index (χ4v) is 1.28. The Labute approximate surface area is 77.6 Å². The van der Waals surface area contributed by atoms with Crippen LogP contribution in [0.4, 0.5) is 11.6 Å². The van der Waals surface area contributed by atoms with Crippen LogP contribution in [-0.2, 0) is 0 Å². The Hall–Kier alpha value is -1.32. The number of nitrogens with two attached hydrogens (primary N) is 1. The van der Waals surface area contributed by atoms with Gasteiger partial charge in [0.25, 0.3) is 0 Å². The van der Waals surface area contributed by atoms with E-state index >= 15 is 0 Å². The Morgan fingerprint density at radius 1 is 1.54 bits per heavy atom. The molecule has 4 heteroatoms.